The Morgan fingerprint density at radius 2 is 2.08 bits per heavy atom. The Hall–Kier alpha value is -2.22. The van der Waals surface area contributed by atoms with Gasteiger partial charge in [0.05, 0.1) is 5.69 Å². The van der Waals surface area contributed by atoms with E-state index in [1.54, 1.807) is 4.90 Å². The van der Waals surface area contributed by atoms with Crippen LogP contribution in [0.5, 0.6) is 0 Å². The van der Waals surface area contributed by atoms with E-state index in [4.69, 9.17) is 5.11 Å². The highest BCUT2D eigenvalue weighted by molar-refractivity contribution is 5.89. The number of hydrogen-bond acceptors (Lipinski definition) is 3. The number of carboxylic acid groups (broad SMARTS) is 1. The number of hydrogen-bond donors (Lipinski definition) is 2. The molecule has 0 radical (unpaired) electrons. The number of halogens is 2. The summed E-state index contributed by atoms with van der Waals surface area (Å²) in [5, 5.41) is 11.4. The van der Waals surface area contributed by atoms with Crippen molar-refractivity contribution in [2.45, 2.75) is 25.3 Å². The molecule has 2 amide bonds. The predicted octanol–water partition coefficient (Wildman–Crippen LogP) is 2.61. The maximum Gasteiger partial charge on any atom is 0.321 e. The molecule has 1 aliphatic rings. The van der Waals surface area contributed by atoms with E-state index in [1.165, 1.54) is 6.07 Å². The van der Waals surface area contributed by atoms with Crippen molar-refractivity contribution in [1.29, 1.82) is 0 Å². The molecule has 0 bridgehead atoms. The zero-order valence-corrected chi connectivity index (χ0v) is 14.3. The van der Waals surface area contributed by atoms with Crippen LogP contribution in [0.3, 0.4) is 0 Å². The zero-order valence-electron chi connectivity index (χ0n) is 14.3. The third kappa shape index (κ3) is 5.12. The van der Waals surface area contributed by atoms with E-state index < -0.39 is 23.6 Å². The van der Waals surface area contributed by atoms with Crippen molar-refractivity contribution in [3.05, 3.63) is 29.8 Å². The lowest BCUT2D eigenvalue weighted by Crippen LogP contribution is -2.51. The topological polar surface area (TPSA) is 72.9 Å². The second-order valence-corrected chi connectivity index (χ2v) is 6.51. The molecule has 0 aromatic heterocycles. The maximum absolute atomic E-state index is 13.7. The van der Waals surface area contributed by atoms with Crippen LogP contribution in [-0.2, 0) is 4.79 Å². The molecule has 138 valence electrons. The van der Waals surface area contributed by atoms with Gasteiger partial charge in [0.1, 0.15) is 11.6 Å². The summed E-state index contributed by atoms with van der Waals surface area (Å²) in [6, 6.07) is 2.68. The highest BCUT2D eigenvalue weighted by atomic mass is 19.1. The number of carbonyl (C=O) groups is 2. The molecule has 2 atom stereocenters. The normalized spacial score (nSPS) is 20.6. The minimum atomic E-state index is -0.868. The number of carboxylic acids is 1. The molecule has 6 nitrogen and oxygen atoms in total. The fraction of sp³-hybridized carbons (Fsp3) is 0.529. The lowest BCUT2D eigenvalue weighted by atomic mass is 9.87. The van der Waals surface area contributed by atoms with E-state index in [1.807, 2.05) is 19.0 Å². The van der Waals surface area contributed by atoms with Gasteiger partial charge in [-0.1, -0.05) is 0 Å². The third-order valence-electron chi connectivity index (χ3n) is 4.55. The minimum absolute atomic E-state index is 0.0173. The van der Waals surface area contributed by atoms with E-state index in [0.717, 1.165) is 6.07 Å². The Morgan fingerprint density at radius 3 is 2.68 bits per heavy atom. The van der Waals surface area contributed by atoms with Gasteiger partial charge in [0.25, 0.3) is 0 Å². The molecular formula is C17H23F2N3O3. The first-order chi connectivity index (χ1) is 11.8. The van der Waals surface area contributed by atoms with Gasteiger partial charge in [-0.05, 0) is 45.0 Å². The average molecular weight is 355 g/mol. The van der Waals surface area contributed by atoms with Crippen LogP contribution in [0.2, 0.25) is 0 Å². The SMILES string of the molecule is CN(C)[C@@H]1CCN(C(=O)Nc2ccc(F)cc2F)C[C@@H]1CCC(=O)O. The summed E-state index contributed by atoms with van der Waals surface area (Å²) < 4.78 is 26.6. The van der Waals surface area contributed by atoms with Crippen molar-refractivity contribution >= 4 is 17.7 Å². The van der Waals surface area contributed by atoms with Gasteiger partial charge in [-0.2, -0.15) is 0 Å². The first kappa shape index (κ1) is 19.1. The van der Waals surface area contributed by atoms with Gasteiger partial charge in [0, 0.05) is 31.6 Å². The van der Waals surface area contributed by atoms with Crippen molar-refractivity contribution in [3.63, 3.8) is 0 Å². The standard InChI is InChI=1S/C17H23F2N3O3/c1-21(2)15-7-8-22(10-11(15)3-6-16(23)24)17(25)20-14-5-4-12(18)9-13(14)19/h4-5,9,11,15H,3,6-8,10H2,1-2H3,(H,20,25)(H,23,24)/t11-,15+/m0/s1. The van der Waals surface area contributed by atoms with E-state index >= 15 is 0 Å². The summed E-state index contributed by atoms with van der Waals surface area (Å²) in [4.78, 5) is 26.8. The molecule has 1 saturated heterocycles. The number of urea groups is 1. The molecule has 1 aromatic carbocycles. The highest BCUT2D eigenvalue weighted by Crippen LogP contribution is 2.26. The van der Waals surface area contributed by atoms with Gasteiger partial charge in [-0.3, -0.25) is 4.79 Å². The van der Waals surface area contributed by atoms with Crippen molar-refractivity contribution in [1.82, 2.24) is 9.80 Å². The fourth-order valence-electron chi connectivity index (χ4n) is 3.26. The number of benzene rings is 1. The van der Waals surface area contributed by atoms with Crippen molar-refractivity contribution in [2.75, 3.05) is 32.5 Å². The summed E-state index contributed by atoms with van der Waals surface area (Å²) in [6.45, 7) is 0.881. The molecule has 0 saturated carbocycles. The zero-order chi connectivity index (χ0) is 18.6. The molecule has 1 aromatic rings. The van der Waals surface area contributed by atoms with Gasteiger partial charge in [-0.25, -0.2) is 13.6 Å². The van der Waals surface area contributed by atoms with Crippen LogP contribution < -0.4 is 5.32 Å². The number of amides is 2. The molecule has 1 heterocycles. The summed E-state index contributed by atoms with van der Waals surface area (Å²) in [6.07, 6.45) is 1.21. The van der Waals surface area contributed by atoms with Crippen LogP contribution in [0.1, 0.15) is 19.3 Å². The molecule has 1 aliphatic heterocycles. The molecule has 8 heteroatoms. The van der Waals surface area contributed by atoms with Gasteiger partial charge in [0.2, 0.25) is 0 Å². The summed E-state index contributed by atoms with van der Waals surface area (Å²) in [5.74, 6) is -2.40. The Morgan fingerprint density at radius 1 is 1.36 bits per heavy atom. The molecule has 1 fully saturated rings. The number of piperidine rings is 1. The number of rotatable bonds is 5. The van der Waals surface area contributed by atoms with Crippen molar-refractivity contribution < 1.29 is 23.5 Å². The van der Waals surface area contributed by atoms with Crippen molar-refractivity contribution in [2.24, 2.45) is 5.92 Å². The first-order valence-corrected chi connectivity index (χ1v) is 8.17. The highest BCUT2D eigenvalue weighted by Gasteiger charge is 2.33. The lowest BCUT2D eigenvalue weighted by Gasteiger charge is -2.41. The minimum Gasteiger partial charge on any atom is -0.481 e. The average Bonchev–Trinajstić information content (AvgIpc) is 2.55. The third-order valence-corrected chi connectivity index (χ3v) is 4.55. The smallest absolute Gasteiger partial charge is 0.321 e. The van der Waals surface area contributed by atoms with E-state index in [9.17, 15) is 18.4 Å². The van der Waals surface area contributed by atoms with E-state index in [0.29, 0.717) is 32.0 Å². The van der Waals surface area contributed by atoms with Crippen LogP contribution in [-0.4, -0.2) is 60.1 Å². The monoisotopic (exact) mass is 355 g/mol. The van der Waals surface area contributed by atoms with Gasteiger partial charge < -0.3 is 20.2 Å². The Bertz CT molecular complexity index is 640. The molecule has 25 heavy (non-hydrogen) atoms. The van der Waals surface area contributed by atoms with Crippen LogP contribution >= 0.6 is 0 Å². The number of nitrogens with one attached hydrogen (secondary N) is 1. The van der Waals surface area contributed by atoms with Gasteiger partial charge in [0.15, 0.2) is 0 Å². The lowest BCUT2D eigenvalue weighted by molar-refractivity contribution is -0.137. The second-order valence-electron chi connectivity index (χ2n) is 6.51. The summed E-state index contributed by atoms with van der Waals surface area (Å²) >= 11 is 0. The second kappa shape index (κ2) is 8.24. The number of nitrogens with zero attached hydrogens (tertiary/aromatic N) is 2. The Balaban J connectivity index is 2.03. The molecular weight excluding hydrogens is 332 g/mol. The van der Waals surface area contributed by atoms with Gasteiger partial charge >= 0.3 is 12.0 Å². The number of carbonyl (C=O) groups excluding carboxylic acids is 1. The summed E-state index contributed by atoms with van der Waals surface area (Å²) in [5.41, 5.74) is -0.0804. The van der Waals surface area contributed by atoms with E-state index in [-0.39, 0.29) is 24.1 Å². The van der Waals surface area contributed by atoms with Crippen LogP contribution in [0.25, 0.3) is 0 Å². The van der Waals surface area contributed by atoms with Crippen LogP contribution in [0, 0.1) is 17.6 Å². The van der Waals surface area contributed by atoms with Crippen molar-refractivity contribution in [3.8, 4) is 0 Å². The molecule has 0 aliphatic carbocycles. The largest absolute Gasteiger partial charge is 0.481 e. The maximum atomic E-state index is 13.7. The Labute approximate surface area is 145 Å². The Kier molecular flexibility index (Phi) is 6.30. The number of anilines is 1. The quantitative estimate of drug-likeness (QED) is 0.852. The van der Waals surface area contributed by atoms with E-state index in [2.05, 4.69) is 5.32 Å². The van der Waals surface area contributed by atoms with Gasteiger partial charge in [-0.15, -0.1) is 0 Å². The first-order valence-electron chi connectivity index (χ1n) is 8.17. The summed E-state index contributed by atoms with van der Waals surface area (Å²) in [7, 11) is 3.87. The van der Waals surface area contributed by atoms with Crippen LogP contribution in [0.15, 0.2) is 18.2 Å². The molecule has 0 unspecified atom stereocenters. The molecule has 2 rings (SSSR count). The fourth-order valence-corrected chi connectivity index (χ4v) is 3.26. The van der Waals surface area contributed by atoms with Crippen LogP contribution in [0.4, 0.5) is 19.3 Å². The number of likely N-dealkylation sites (tertiary alicyclic amines) is 1. The molecule has 0 spiro atoms. The predicted molar refractivity (Wildman–Crippen MR) is 89.4 cm³/mol. The molecule has 2 N–H and O–H groups in total. The number of aliphatic carboxylic acids is 1.